The maximum Gasteiger partial charge on any atom is 0.241 e. The number of carbonyl (C=O) groups excluding carboxylic acids is 1. The molecule has 19 heavy (non-hydrogen) atoms. The average molecular weight is 262 g/mol. The summed E-state index contributed by atoms with van der Waals surface area (Å²) < 4.78 is 0. The quantitative estimate of drug-likeness (QED) is 0.731. The summed E-state index contributed by atoms with van der Waals surface area (Å²) >= 11 is 0. The van der Waals surface area contributed by atoms with Gasteiger partial charge in [0, 0.05) is 24.3 Å². The Morgan fingerprint density at radius 2 is 2.00 bits per heavy atom. The standard InChI is InChI=1S/C15H22N2O2/c1-11-3-5-13(6-4-11)17-14(19)12(2)16-9-15(10-18)7-8-15/h3-6,12,16,18H,7-10H2,1-2H3,(H,17,19). The molecule has 1 aliphatic carbocycles. The van der Waals surface area contributed by atoms with Gasteiger partial charge in [-0.05, 0) is 38.8 Å². The minimum absolute atomic E-state index is 0.0262. The topological polar surface area (TPSA) is 61.4 Å². The molecule has 1 amide bonds. The first-order valence-electron chi connectivity index (χ1n) is 6.76. The van der Waals surface area contributed by atoms with Crippen LogP contribution in [0.1, 0.15) is 25.3 Å². The lowest BCUT2D eigenvalue weighted by atomic mass is 10.1. The Hall–Kier alpha value is -1.39. The van der Waals surface area contributed by atoms with Crippen LogP contribution in [-0.2, 0) is 4.79 Å². The molecule has 4 heteroatoms. The zero-order valence-corrected chi connectivity index (χ0v) is 11.6. The summed E-state index contributed by atoms with van der Waals surface area (Å²) in [6.07, 6.45) is 2.09. The molecule has 0 aliphatic heterocycles. The van der Waals surface area contributed by atoms with Gasteiger partial charge < -0.3 is 15.7 Å². The van der Waals surface area contributed by atoms with Crippen LogP contribution in [0.5, 0.6) is 0 Å². The zero-order chi connectivity index (χ0) is 13.9. The maximum absolute atomic E-state index is 12.0. The maximum atomic E-state index is 12.0. The number of aryl methyl sites for hydroxylation is 1. The average Bonchev–Trinajstić information content (AvgIpc) is 3.19. The fourth-order valence-electron chi connectivity index (χ4n) is 1.92. The highest BCUT2D eigenvalue weighted by Gasteiger charge is 2.41. The van der Waals surface area contributed by atoms with Gasteiger partial charge in [0.05, 0.1) is 6.04 Å². The number of nitrogens with one attached hydrogen (secondary N) is 2. The van der Waals surface area contributed by atoms with Crippen LogP contribution in [-0.4, -0.2) is 30.2 Å². The van der Waals surface area contributed by atoms with Gasteiger partial charge in [-0.15, -0.1) is 0 Å². The Kier molecular flexibility index (Phi) is 4.22. The Balaban J connectivity index is 1.80. The molecule has 1 unspecified atom stereocenters. The van der Waals surface area contributed by atoms with E-state index >= 15 is 0 Å². The predicted molar refractivity (Wildman–Crippen MR) is 76.0 cm³/mol. The van der Waals surface area contributed by atoms with Gasteiger partial charge in [0.15, 0.2) is 0 Å². The van der Waals surface area contributed by atoms with Gasteiger partial charge in [0.2, 0.25) is 5.91 Å². The predicted octanol–water partition coefficient (Wildman–Crippen LogP) is 1.68. The highest BCUT2D eigenvalue weighted by Crippen LogP contribution is 2.44. The normalized spacial score (nSPS) is 17.8. The number of rotatable bonds is 6. The highest BCUT2D eigenvalue weighted by atomic mass is 16.3. The molecule has 2 rings (SSSR count). The van der Waals surface area contributed by atoms with Crippen molar-refractivity contribution in [1.29, 1.82) is 0 Å². The molecule has 1 aromatic rings. The molecule has 4 nitrogen and oxygen atoms in total. The number of carbonyl (C=O) groups is 1. The summed E-state index contributed by atoms with van der Waals surface area (Å²) in [5, 5.41) is 15.3. The second kappa shape index (κ2) is 5.72. The van der Waals surface area contributed by atoms with Gasteiger partial charge in [0.1, 0.15) is 0 Å². The van der Waals surface area contributed by atoms with Crippen molar-refractivity contribution in [3.8, 4) is 0 Å². The minimum atomic E-state index is -0.259. The Morgan fingerprint density at radius 3 is 2.53 bits per heavy atom. The van der Waals surface area contributed by atoms with Crippen LogP contribution in [0, 0.1) is 12.3 Å². The molecule has 0 saturated heterocycles. The molecule has 3 N–H and O–H groups in total. The summed E-state index contributed by atoms with van der Waals surface area (Å²) in [6.45, 7) is 4.76. The fourth-order valence-corrected chi connectivity index (χ4v) is 1.92. The summed E-state index contributed by atoms with van der Waals surface area (Å²) in [5.41, 5.74) is 2.01. The zero-order valence-electron chi connectivity index (χ0n) is 11.6. The van der Waals surface area contributed by atoms with Crippen LogP contribution < -0.4 is 10.6 Å². The van der Waals surface area contributed by atoms with Gasteiger partial charge in [-0.1, -0.05) is 17.7 Å². The first-order chi connectivity index (χ1) is 9.04. The third-order valence-electron chi connectivity index (χ3n) is 3.79. The van der Waals surface area contributed by atoms with E-state index < -0.39 is 0 Å². The lowest BCUT2D eigenvalue weighted by Gasteiger charge is -2.18. The number of aliphatic hydroxyl groups excluding tert-OH is 1. The number of anilines is 1. The summed E-state index contributed by atoms with van der Waals surface area (Å²) in [6, 6.07) is 7.48. The van der Waals surface area contributed by atoms with Gasteiger partial charge >= 0.3 is 0 Å². The van der Waals surface area contributed by atoms with Crippen LogP contribution in [0.15, 0.2) is 24.3 Å². The number of amides is 1. The monoisotopic (exact) mass is 262 g/mol. The molecule has 0 bridgehead atoms. The van der Waals surface area contributed by atoms with Crippen molar-refractivity contribution in [3.63, 3.8) is 0 Å². The molecule has 0 spiro atoms. The number of aliphatic hydroxyl groups is 1. The van der Waals surface area contributed by atoms with E-state index in [0.29, 0.717) is 6.54 Å². The molecule has 1 aromatic carbocycles. The number of hydrogen-bond donors (Lipinski definition) is 3. The van der Waals surface area contributed by atoms with E-state index in [2.05, 4.69) is 10.6 Å². The molecule has 0 heterocycles. The van der Waals surface area contributed by atoms with Gasteiger partial charge in [-0.3, -0.25) is 4.79 Å². The first-order valence-corrected chi connectivity index (χ1v) is 6.76. The smallest absolute Gasteiger partial charge is 0.241 e. The van der Waals surface area contributed by atoms with E-state index in [9.17, 15) is 9.90 Å². The molecule has 1 atom stereocenters. The van der Waals surface area contributed by atoms with E-state index in [1.54, 1.807) is 0 Å². The van der Waals surface area contributed by atoms with Crippen LogP contribution in [0.25, 0.3) is 0 Å². The summed E-state index contributed by atoms with van der Waals surface area (Å²) in [4.78, 5) is 12.0. The molecule has 104 valence electrons. The van der Waals surface area contributed by atoms with E-state index in [4.69, 9.17) is 0 Å². The molecule has 0 aromatic heterocycles. The van der Waals surface area contributed by atoms with Crippen molar-refractivity contribution in [1.82, 2.24) is 5.32 Å². The minimum Gasteiger partial charge on any atom is -0.396 e. The van der Waals surface area contributed by atoms with Gasteiger partial charge in [0.25, 0.3) is 0 Å². The summed E-state index contributed by atoms with van der Waals surface area (Å²) in [7, 11) is 0. The number of benzene rings is 1. The van der Waals surface area contributed by atoms with E-state index in [-0.39, 0.29) is 24.0 Å². The van der Waals surface area contributed by atoms with E-state index in [0.717, 1.165) is 18.5 Å². The Labute approximate surface area is 114 Å². The van der Waals surface area contributed by atoms with E-state index in [1.807, 2.05) is 38.1 Å². The third kappa shape index (κ3) is 3.78. The van der Waals surface area contributed by atoms with Crippen LogP contribution in [0.3, 0.4) is 0 Å². The molecule has 1 fully saturated rings. The molecular weight excluding hydrogens is 240 g/mol. The molecule has 1 saturated carbocycles. The van der Waals surface area contributed by atoms with Crippen molar-refractivity contribution in [2.75, 3.05) is 18.5 Å². The highest BCUT2D eigenvalue weighted by molar-refractivity contribution is 5.94. The van der Waals surface area contributed by atoms with Crippen molar-refractivity contribution in [2.24, 2.45) is 5.41 Å². The molecule has 0 radical (unpaired) electrons. The van der Waals surface area contributed by atoms with Crippen molar-refractivity contribution >= 4 is 11.6 Å². The molecular formula is C15H22N2O2. The summed E-state index contributed by atoms with van der Waals surface area (Å²) in [5.74, 6) is -0.0439. The van der Waals surface area contributed by atoms with Gasteiger partial charge in [-0.2, -0.15) is 0 Å². The second-order valence-corrected chi connectivity index (χ2v) is 5.62. The molecule has 1 aliphatic rings. The van der Waals surface area contributed by atoms with Crippen molar-refractivity contribution in [2.45, 2.75) is 32.7 Å². The van der Waals surface area contributed by atoms with Crippen molar-refractivity contribution < 1.29 is 9.90 Å². The van der Waals surface area contributed by atoms with Gasteiger partial charge in [-0.25, -0.2) is 0 Å². The van der Waals surface area contributed by atoms with E-state index in [1.165, 1.54) is 5.56 Å². The van der Waals surface area contributed by atoms with Crippen LogP contribution in [0.2, 0.25) is 0 Å². The van der Waals surface area contributed by atoms with Crippen LogP contribution in [0.4, 0.5) is 5.69 Å². The lowest BCUT2D eigenvalue weighted by Crippen LogP contribution is -2.41. The van der Waals surface area contributed by atoms with Crippen molar-refractivity contribution in [3.05, 3.63) is 29.8 Å². The fraction of sp³-hybridized carbons (Fsp3) is 0.533. The SMILES string of the molecule is Cc1ccc(NC(=O)C(C)NCC2(CO)CC2)cc1. The Morgan fingerprint density at radius 1 is 1.37 bits per heavy atom. The largest absolute Gasteiger partial charge is 0.396 e. The third-order valence-corrected chi connectivity index (χ3v) is 3.79. The lowest BCUT2D eigenvalue weighted by molar-refractivity contribution is -0.117. The van der Waals surface area contributed by atoms with Crippen LogP contribution >= 0.6 is 0 Å². The number of hydrogen-bond acceptors (Lipinski definition) is 3. The first kappa shape index (κ1) is 14.0. The second-order valence-electron chi connectivity index (χ2n) is 5.62. The Bertz CT molecular complexity index is 438.